The number of carbonyl (C=O) groups excluding carboxylic acids is 1. The van der Waals surface area contributed by atoms with Crippen LogP contribution in [0.2, 0.25) is 0 Å². The van der Waals surface area contributed by atoms with E-state index in [2.05, 4.69) is 22.8 Å². The van der Waals surface area contributed by atoms with Crippen LogP contribution in [0.5, 0.6) is 0 Å². The molecule has 0 saturated heterocycles. The first-order valence-electron chi connectivity index (χ1n) is 11.0. The third kappa shape index (κ3) is 5.20. The Morgan fingerprint density at radius 1 is 1.00 bits per heavy atom. The number of carbonyl (C=O) groups is 1. The van der Waals surface area contributed by atoms with Gasteiger partial charge in [0, 0.05) is 43.7 Å². The molecule has 162 valence electrons. The molecule has 6 nitrogen and oxygen atoms in total. The maximum absolute atomic E-state index is 11.6. The van der Waals surface area contributed by atoms with Gasteiger partial charge in [0.2, 0.25) is 5.95 Å². The lowest BCUT2D eigenvalue weighted by Crippen LogP contribution is -2.37. The van der Waals surface area contributed by atoms with Crippen molar-refractivity contribution in [2.45, 2.75) is 51.2 Å². The van der Waals surface area contributed by atoms with Gasteiger partial charge in [-0.25, -0.2) is 4.98 Å². The van der Waals surface area contributed by atoms with Gasteiger partial charge in [-0.3, -0.25) is 4.79 Å². The Kier molecular flexibility index (Phi) is 6.47. The van der Waals surface area contributed by atoms with E-state index in [1.165, 1.54) is 0 Å². The molecular weight excluding hydrogens is 386 g/mol. The molecule has 6 heteroatoms. The molecule has 1 aromatic heterocycles. The van der Waals surface area contributed by atoms with Gasteiger partial charge >= 0.3 is 0 Å². The smallest absolute Gasteiger partial charge is 0.225 e. The molecule has 4 rings (SSSR count). The molecule has 31 heavy (non-hydrogen) atoms. The number of para-hydroxylation sites is 1. The average molecular weight is 418 g/mol. The van der Waals surface area contributed by atoms with Crippen molar-refractivity contribution in [2.75, 3.05) is 24.3 Å². The molecule has 0 bridgehead atoms. The number of rotatable bonds is 7. The van der Waals surface area contributed by atoms with Crippen LogP contribution in [0.3, 0.4) is 0 Å². The minimum absolute atomic E-state index is 0.113. The minimum Gasteiger partial charge on any atom is -0.362 e. The quantitative estimate of drug-likeness (QED) is 0.555. The lowest BCUT2D eigenvalue weighted by Gasteiger charge is -2.30. The van der Waals surface area contributed by atoms with E-state index in [4.69, 9.17) is 9.97 Å². The number of hydrogen-bond donors (Lipinski definition) is 2. The van der Waals surface area contributed by atoms with E-state index in [1.807, 2.05) is 55.4 Å². The number of fused-ring (bicyclic) bond motifs is 1. The molecule has 1 heterocycles. The molecule has 1 aliphatic carbocycles. The van der Waals surface area contributed by atoms with Crippen molar-refractivity contribution in [2.24, 2.45) is 0 Å². The summed E-state index contributed by atoms with van der Waals surface area (Å²) in [7, 11) is 4.03. The van der Waals surface area contributed by atoms with Gasteiger partial charge in [-0.1, -0.05) is 30.3 Å². The molecule has 2 aromatic carbocycles. The fourth-order valence-electron chi connectivity index (χ4n) is 4.25. The summed E-state index contributed by atoms with van der Waals surface area (Å²) in [6.07, 6.45) is 4.38. The molecule has 1 saturated carbocycles. The zero-order chi connectivity index (χ0) is 21.8. The van der Waals surface area contributed by atoms with Crippen LogP contribution in [-0.4, -0.2) is 41.9 Å². The Hall–Kier alpha value is -2.99. The molecule has 0 aliphatic heterocycles. The predicted octanol–water partition coefficient (Wildman–Crippen LogP) is 4.41. The van der Waals surface area contributed by atoms with Crippen molar-refractivity contribution in [1.82, 2.24) is 15.3 Å². The molecule has 3 aromatic rings. The predicted molar refractivity (Wildman–Crippen MR) is 127 cm³/mol. The minimum atomic E-state index is 0.113. The topological polar surface area (TPSA) is 70.2 Å². The van der Waals surface area contributed by atoms with Crippen molar-refractivity contribution in [3.05, 3.63) is 59.7 Å². The molecule has 0 amide bonds. The number of aromatic nitrogens is 2. The largest absolute Gasteiger partial charge is 0.362 e. The molecule has 0 spiro atoms. The highest BCUT2D eigenvalue weighted by Crippen LogP contribution is 2.26. The normalized spacial score (nSPS) is 18.7. The van der Waals surface area contributed by atoms with Crippen molar-refractivity contribution in [1.29, 1.82) is 0 Å². The third-order valence-electron chi connectivity index (χ3n) is 6.00. The number of anilines is 2. The maximum atomic E-state index is 11.6. The van der Waals surface area contributed by atoms with E-state index in [0.717, 1.165) is 60.1 Å². The van der Waals surface area contributed by atoms with E-state index in [1.54, 1.807) is 6.92 Å². The van der Waals surface area contributed by atoms with E-state index in [-0.39, 0.29) is 5.78 Å². The highest BCUT2D eigenvalue weighted by Gasteiger charge is 2.22. The van der Waals surface area contributed by atoms with E-state index in [9.17, 15) is 4.79 Å². The molecular formula is C25H31N5O. The maximum Gasteiger partial charge on any atom is 0.225 e. The second kappa shape index (κ2) is 9.43. The number of benzene rings is 2. The van der Waals surface area contributed by atoms with Crippen molar-refractivity contribution < 1.29 is 4.79 Å². The number of hydrogen-bond acceptors (Lipinski definition) is 6. The second-order valence-corrected chi connectivity index (χ2v) is 8.61. The Labute approximate surface area is 184 Å². The van der Waals surface area contributed by atoms with Crippen LogP contribution >= 0.6 is 0 Å². The first kappa shape index (κ1) is 21.2. The van der Waals surface area contributed by atoms with Crippen LogP contribution in [0, 0.1) is 0 Å². The Balaban J connectivity index is 1.33. The third-order valence-corrected chi connectivity index (χ3v) is 6.00. The summed E-state index contributed by atoms with van der Waals surface area (Å²) >= 11 is 0. The van der Waals surface area contributed by atoms with Crippen LogP contribution in [-0.2, 0) is 6.54 Å². The highest BCUT2D eigenvalue weighted by molar-refractivity contribution is 5.94. The van der Waals surface area contributed by atoms with Gasteiger partial charge in [0.1, 0.15) is 5.82 Å². The van der Waals surface area contributed by atoms with E-state index < -0.39 is 0 Å². The first-order valence-corrected chi connectivity index (χ1v) is 11.0. The van der Waals surface area contributed by atoms with Crippen molar-refractivity contribution >= 4 is 28.5 Å². The average Bonchev–Trinajstić information content (AvgIpc) is 2.78. The van der Waals surface area contributed by atoms with Gasteiger partial charge in [0.05, 0.1) is 5.52 Å². The number of ketones is 1. The van der Waals surface area contributed by atoms with Crippen LogP contribution < -0.4 is 15.5 Å². The van der Waals surface area contributed by atoms with Crippen LogP contribution in [0.25, 0.3) is 10.9 Å². The van der Waals surface area contributed by atoms with Gasteiger partial charge in [-0.2, -0.15) is 4.98 Å². The summed E-state index contributed by atoms with van der Waals surface area (Å²) in [5.41, 5.74) is 2.90. The van der Waals surface area contributed by atoms with Gasteiger partial charge < -0.3 is 15.5 Å². The summed E-state index contributed by atoms with van der Waals surface area (Å²) in [4.78, 5) is 23.1. The zero-order valence-electron chi connectivity index (χ0n) is 18.6. The highest BCUT2D eigenvalue weighted by atomic mass is 16.1. The Bertz CT molecular complexity index is 1060. The van der Waals surface area contributed by atoms with Crippen LogP contribution in [0.15, 0.2) is 48.5 Å². The number of Topliss-reactive ketones (excluding diaryl/α,β-unsaturated/α-hetero) is 1. The zero-order valence-corrected chi connectivity index (χ0v) is 18.6. The summed E-state index contributed by atoms with van der Waals surface area (Å²) < 4.78 is 0. The number of nitrogens with one attached hydrogen (secondary N) is 2. The number of nitrogens with zero attached hydrogens (tertiary/aromatic N) is 3. The van der Waals surface area contributed by atoms with Crippen molar-refractivity contribution in [3.8, 4) is 0 Å². The lowest BCUT2D eigenvalue weighted by atomic mass is 9.91. The molecule has 1 aliphatic rings. The monoisotopic (exact) mass is 417 g/mol. The Morgan fingerprint density at radius 3 is 2.48 bits per heavy atom. The van der Waals surface area contributed by atoms with Crippen LogP contribution in [0.4, 0.5) is 11.8 Å². The molecule has 0 atom stereocenters. The SMILES string of the molecule is CC(=O)c1cccc(CNC2CCC(Nc3nc(N(C)C)c4ccccc4n3)CC2)c1. The standard InChI is InChI=1S/C25H31N5O/c1-17(31)19-8-6-7-18(15-19)16-26-20-11-13-21(14-12-20)27-25-28-23-10-5-4-9-22(23)24(29-25)30(2)3/h4-10,15,20-21,26H,11-14,16H2,1-3H3,(H,27,28,29). The van der Waals surface area contributed by atoms with Gasteiger partial charge in [0.25, 0.3) is 0 Å². The Morgan fingerprint density at radius 2 is 1.74 bits per heavy atom. The van der Waals surface area contributed by atoms with E-state index >= 15 is 0 Å². The molecule has 1 fully saturated rings. The fraction of sp³-hybridized carbons (Fsp3) is 0.400. The van der Waals surface area contributed by atoms with E-state index in [0.29, 0.717) is 18.0 Å². The summed E-state index contributed by atoms with van der Waals surface area (Å²) in [5, 5.41) is 8.30. The first-order chi connectivity index (χ1) is 15.0. The van der Waals surface area contributed by atoms with Gasteiger partial charge in [-0.05, 0) is 56.4 Å². The van der Waals surface area contributed by atoms with Gasteiger partial charge in [0.15, 0.2) is 5.78 Å². The summed E-state index contributed by atoms with van der Waals surface area (Å²) in [6.45, 7) is 2.41. The summed E-state index contributed by atoms with van der Waals surface area (Å²) in [6, 6.07) is 16.9. The van der Waals surface area contributed by atoms with Crippen LogP contribution in [0.1, 0.15) is 48.5 Å². The summed E-state index contributed by atoms with van der Waals surface area (Å²) in [5.74, 6) is 1.76. The molecule has 0 unspecified atom stereocenters. The van der Waals surface area contributed by atoms with Crippen molar-refractivity contribution in [3.63, 3.8) is 0 Å². The molecule has 0 radical (unpaired) electrons. The lowest BCUT2D eigenvalue weighted by molar-refractivity contribution is 0.101. The van der Waals surface area contributed by atoms with Gasteiger partial charge in [-0.15, -0.1) is 0 Å². The second-order valence-electron chi connectivity index (χ2n) is 8.61. The fourth-order valence-corrected chi connectivity index (χ4v) is 4.25. The molecule has 2 N–H and O–H groups in total.